The van der Waals surface area contributed by atoms with Gasteiger partial charge in [0, 0.05) is 11.5 Å². The Balaban J connectivity index is 2.15. The lowest BCUT2D eigenvalue weighted by molar-refractivity contribution is 0.305. The molecule has 6 heteroatoms. The standard InChI is InChI=1S/C11H8Br3NOS/c12-3-7-1-9(13)11(10(14)2-7)16-5-8-4-15-6-17-8/h1-2,4,6H,3,5H2. The number of hydrogen-bond donors (Lipinski definition) is 0. The lowest BCUT2D eigenvalue weighted by Crippen LogP contribution is -1.95. The molecule has 0 N–H and O–H groups in total. The van der Waals surface area contributed by atoms with Gasteiger partial charge >= 0.3 is 0 Å². The lowest BCUT2D eigenvalue weighted by atomic mass is 10.2. The van der Waals surface area contributed by atoms with Crippen molar-refractivity contribution >= 4 is 59.1 Å². The molecule has 1 heterocycles. The molecule has 0 spiro atoms. The molecule has 2 aromatic rings. The average molecular weight is 442 g/mol. The molecule has 0 saturated heterocycles. The van der Waals surface area contributed by atoms with Gasteiger partial charge in [0.2, 0.25) is 0 Å². The van der Waals surface area contributed by atoms with E-state index in [1.807, 2.05) is 18.3 Å². The number of ether oxygens (including phenoxy) is 1. The van der Waals surface area contributed by atoms with Gasteiger partial charge in [0.15, 0.2) is 0 Å². The van der Waals surface area contributed by atoms with Crippen molar-refractivity contribution in [3.63, 3.8) is 0 Å². The number of halogens is 3. The second-order valence-electron chi connectivity index (χ2n) is 3.28. The highest BCUT2D eigenvalue weighted by molar-refractivity contribution is 9.11. The van der Waals surface area contributed by atoms with Crippen LogP contribution in [0, 0.1) is 0 Å². The summed E-state index contributed by atoms with van der Waals surface area (Å²) in [7, 11) is 0. The molecule has 0 bridgehead atoms. The molecular formula is C11H8Br3NOS. The highest BCUT2D eigenvalue weighted by atomic mass is 79.9. The number of nitrogens with zero attached hydrogens (tertiary/aromatic N) is 1. The molecule has 0 atom stereocenters. The van der Waals surface area contributed by atoms with E-state index in [-0.39, 0.29) is 0 Å². The third-order valence-corrected chi connectivity index (χ3v) is 4.63. The fourth-order valence-corrected chi connectivity index (χ4v) is 3.62. The van der Waals surface area contributed by atoms with Crippen LogP contribution >= 0.6 is 59.1 Å². The van der Waals surface area contributed by atoms with E-state index in [0.717, 1.165) is 24.9 Å². The molecule has 0 aliphatic carbocycles. The zero-order chi connectivity index (χ0) is 12.3. The van der Waals surface area contributed by atoms with Crippen molar-refractivity contribution in [1.82, 2.24) is 4.98 Å². The zero-order valence-electron chi connectivity index (χ0n) is 8.62. The predicted molar refractivity (Wildman–Crippen MR) is 80.9 cm³/mol. The fraction of sp³-hybridized carbons (Fsp3) is 0.182. The van der Waals surface area contributed by atoms with E-state index in [2.05, 4.69) is 52.8 Å². The summed E-state index contributed by atoms with van der Waals surface area (Å²) in [6.07, 6.45) is 1.82. The van der Waals surface area contributed by atoms with E-state index in [9.17, 15) is 0 Å². The first-order valence-corrected chi connectivity index (χ1v) is 8.33. The van der Waals surface area contributed by atoms with Crippen LogP contribution in [0.15, 0.2) is 32.8 Å². The van der Waals surface area contributed by atoms with Crippen molar-refractivity contribution in [2.75, 3.05) is 0 Å². The van der Waals surface area contributed by atoms with Crippen LogP contribution in [0.25, 0.3) is 0 Å². The number of aromatic nitrogens is 1. The van der Waals surface area contributed by atoms with Gasteiger partial charge in [-0.3, -0.25) is 4.98 Å². The summed E-state index contributed by atoms with van der Waals surface area (Å²) in [5.74, 6) is 0.822. The monoisotopic (exact) mass is 439 g/mol. The van der Waals surface area contributed by atoms with Crippen molar-refractivity contribution in [1.29, 1.82) is 0 Å². The Hall–Kier alpha value is 0.0900. The maximum atomic E-state index is 5.77. The van der Waals surface area contributed by atoms with E-state index < -0.39 is 0 Å². The number of rotatable bonds is 4. The van der Waals surface area contributed by atoms with Gasteiger partial charge in [-0.15, -0.1) is 11.3 Å². The molecule has 0 saturated carbocycles. The number of thiazole rings is 1. The minimum Gasteiger partial charge on any atom is -0.486 e. The second kappa shape index (κ2) is 6.31. The molecule has 2 nitrogen and oxygen atoms in total. The van der Waals surface area contributed by atoms with E-state index in [4.69, 9.17) is 4.74 Å². The lowest BCUT2D eigenvalue weighted by Gasteiger charge is -2.10. The van der Waals surface area contributed by atoms with Crippen LogP contribution in [0.4, 0.5) is 0 Å². The topological polar surface area (TPSA) is 22.1 Å². The molecule has 0 fully saturated rings. The van der Waals surface area contributed by atoms with Gasteiger partial charge in [-0.25, -0.2) is 0 Å². The number of alkyl halides is 1. The SMILES string of the molecule is BrCc1cc(Br)c(OCc2cncs2)c(Br)c1. The Labute approximate surface area is 129 Å². The van der Waals surface area contributed by atoms with Crippen LogP contribution in [0.1, 0.15) is 10.4 Å². The summed E-state index contributed by atoms with van der Waals surface area (Å²) in [6, 6.07) is 4.09. The summed E-state index contributed by atoms with van der Waals surface area (Å²) in [6.45, 7) is 0.537. The van der Waals surface area contributed by atoms with Gasteiger partial charge in [-0.2, -0.15) is 0 Å². The highest BCUT2D eigenvalue weighted by Crippen LogP contribution is 2.35. The molecule has 90 valence electrons. The van der Waals surface area contributed by atoms with Gasteiger partial charge < -0.3 is 4.74 Å². The van der Waals surface area contributed by atoms with Crippen LogP contribution in [0.2, 0.25) is 0 Å². The van der Waals surface area contributed by atoms with Crippen LogP contribution in [0.5, 0.6) is 5.75 Å². The predicted octanol–water partition coefficient (Wildman–Crippen LogP) is 5.14. The van der Waals surface area contributed by atoms with E-state index in [1.54, 1.807) is 16.8 Å². The smallest absolute Gasteiger partial charge is 0.148 e. The third-order valence-electron chi connectivity index (χ3n) is 2.05. The van der Waals surface area contributed by atoms with Crippen molar-refractivity contribution in [2.24, 2.45) is 0 Å². The summed E-state index contributed by atoms with van der Waals surface area (Å²) in [5.41, 5.74) is 2.99. The molecule has 0 aliphatic heterocycles. The largest absolute Gasteiger partial charge is 0.486 e. The summed E-state index contributed by atoms with van der Waals surface area (Å²) < 4.78 is 7.67. The summed E-state index contributed by atoms with van der Waals surface area (Å²) in [5, 5.41) is 0.819. The van der Waals surface area contributed by atoms with Crippen LogP contribution in [-0.2, 0) is 11.9 Å². The Morgan fingerprint density at radius 3 is 2.47 bits per heavy atom. The van der Waals surface area contributed by atoms with Gasteiger partial charge in [0.25, 0.3) is 0 Å². The van der Waals surface area contributed by atoms with E-state index in [0.29, 0.717) is 6.61 Å². The first-order chi connectivity index (χ1) is 8.20. The van der Waals surface area contributed by atoms with Gasteiger partial charge in [0.1, 0.15) is 12.4 Å². The van der Waals surface area contributed by atoms with Gasteiger partial charge in [0.05, 0.1) is 19.3 Å². The summed E-state index contributed by atoms with van der Waals surface area (Å²) >= 11 is 12.0. The molecule has 0 radical (unpaired) electrons. The quantitative estimate of drug-likeness (QED) is 0.613. The van der Waals surface area contributed by atoms with Crippen molar-refractivity contribution in [2.45, 2.75) is 11.9 Å². The second-order valence-corrected chi connectivity index (χ2v) is 6.52. The Morgan fingerprint density at radius 1 is 1.24 bits per heavy atom. The first-order valence-electron chi connectivity index (χ1n) is 4.74. The normalized spacial score (nSPS) is 10.5. The molecule has 1 aromatic heterocycles. The van der Waals surface area contributed by atoms with Gasteiger partial charge in [-0.05, 0) is 49.6 Å². The van der Waals surface area contributed by atoms with E-state index >= 15 is 0 Å². The molecule has 0 unspecified atom stereocenters. The van der Waals surface area contributed by atoms with Crippen LogP contribution < -0.4 is 4.74 Å². The van der Waals surface area contributed by atoms with Crippen LogP contribution in [0.3, 0.4) is 0 Å². The zero-order valence-corrected chi connectivity index (χ0v) is 14.2. The van der Waals surface area contributed by atoms with Crippen molar-refractivity contribution < 1.29 is 4.74 Å². The fourth-order valence-electron chi connectivity index (χ4n) is 1.28. The third kappa shape index (κ3) is 3.53. The Bertz CT molecular complexity index is 478. The maximum absolute atomic E-state index is 5.77. The Morgan fingerprint density at radius 2 is 1.94 bits per heavy atom. The molecule has 2 rings (SSSR count). The van der Waals surface area contributed by atoms with Gasteiger partial charge in [-0.1, -0.05) is 15.9 Å². The number of benzene rings is 1. The van der Waals surface area contributed by atoms with E-state index in [1.165, 1.54) is 5.56 Å². The number of hydrogen-bond acceptors (Lipinski definition) is 3. The molecular weight excluding hydrogens is 434 g/mol. The average Bonchev–Trinajstić information content (AvgIpc) is 2.80. The van der Waals surface area contributed by atoms with Crippen molar-refractivity contribution in [3.05, 3.63) is 43.2 Å². The highest BCUT2D eigenvalue weighted by Gasteiger charge is 2.09. The maximum Gasteiger partial charge on any atom is 0.148 e. The van der Waals surface area contributed by atoms with Crippen molar-refractivity contribution in [3.8, 4) is 5.75 Å². The molecule has 1 aromatic carbocycles. The molecule has 0 aliphatic rings. The first kappa shape index (κ1) is 13.5. The minimum atomic E-state index is 0.537. The Kier molecular flexibility index (Phi) is 5.02. The van der Waals surface area contributed by atoms with Crippen LogP contribution in [-0.4, -0.2) is 4.98 Å². The molecule has 0 amide bonds. The molecule has 17 heavy (non-hydrogen) atoms. The minimum absolute atomic E-state index is 0.537. The summed E-state index contributed by atoms with van der Waals surface area (Å²) in [4.78, 5) is 5.12.